The monoisotopic (exact) mass is 339 g/mol. The Labute approximate surface area is 153 Å². The van der Waals surface area contributed by atoms with Crippen LogP contribution in [0.1, 0.15) is 65.0 Å². The van der Waals surface area contributed by atoms with E-state index >= 15 is 0 Å². The van der Waals surface area contributed by atoms with E-state index in [-0.39, 0.29) is 0 Å². The van der Waals surface area contributed by atoms with E-state index in [0.29, 0.717) is 19.0 Å². The molecule has 1 aromatic rings. The van der Waals surface area contributed by atoms with Crippen LogP contribution in [0.25, 0.3) is 0 Å². The normalized spacial score (nSPS) is 14.4. The third kappa shape index (κ3) is 6.19. The lowest BCUT2D eigenvalue weighted by atomic mass is 9.81. The minimum absolute atomic E-state index is 0.296. The van der Waals surface area contributed by atoms with Crippen LogP contribution in [0, 0.1) is 11.3 Å². The van der Waals surface area contributed by atoms with Crippen molar-refractivity contribution in [1.29, 1.82) is 5.26 Å². The van der Waals surface area contributed by atoms with Crippen LogP contribution in [0.15, 0.2) is 48.0 Å². The Hall–Kier alpha value is -1.83. The van der Waals surface area contributed by atoms with Crippen molar-refractivity contribution in [3.63, 3.8) is 0 Å². The van der Waals surface area contributed by atoms with E-state index in [2.05, 4.69) is 25.1 Å². The van der Waals surface area contributed by atoms with Crippen LogP contribution in [-0.2, 0) is 4.65 Å². The van der Waals surface area contributed by atoms with Crippen LogP contribution < -0.4 is 0 Å². The summed E-state index contributed by atoms with van der Waals surface area (Å²) in [4.78, 5) is 0. The smallest absolute Gasteiger partial charge is 0.309 e. The molecule has 0 spiro atoms. The topological polar surface area (TPSA) is 53.2 Å². The zero-order valence-corrected chi connectivity index (χ0v) is 16.3. The summed E-state index contributed by atoms with van der Waals surface area (Å²) in [5, 5.41) is 19.1. The standard InChI is InChI=1S/C21H30BNO2/c1-7-17(18-11-9-16(15-23)10-12-18)13-14-19(8-2)22-25-21(5,6)20(3,4)24/h8-14,17,22,24H,7H2,1-6H3/b14-13-,19-8+. The van der Waals surface area contributed by atoms with Crippen molar-refractivity contribution in [2.24, 2.45) is 0 Å². The van der Waals surface area contributed by atoms with Crippen molar-refractivity contribution in [2.45, 2.75) is 65.1 Å². The van der Waals surface area contributed by atoms with Gasteiger partial charge in [0.25, 0.3) is 0 Å². The maximum absolute atomic E-state index is 10.2. The van der Waals surface area contributed by atoms with Crippen LogP contribution in [0.3, 0.4) is 0 Å². The van der Waals surface area contributed by atoms with E-state index in [4.69, 9.17) is 9.92 Å². The minimum Gasteiger partial charge on any atom is -0.427 e. The highest BCUT2D eigenvalue weighted by Gasteiger charge is 2.35. The fraction of sp³-hybridized carbons (Fsp3) is 0.476. The lowest BCUT2D eigenvalue weighted by molar-refractivity contribution is -0.0896. The number of rotatable bonds is 8. The molecule has 0 aliphatic carbocycles. The third-order valence-electron chi connectivity index (χ3n) is 4.89. The zero-order chi connectivity index (χ0) is 19.1. The van der Waals surface area contributed by atoms with Crippen molar-refractivity contribution >= 4 is 7.48 Å². The van der Waals surface area contributed by atoms with E-state index in [9.17, 15) is 5.11 Å². The highest BCUT2D eigenvalue weighted by molar-refractivity contribution is 6.39. The number of aliphatic hydroxyl groups is 1. The average molecular weight is 339 g/mol. The Balaban J connectivity index is 2.79. The van der Waals surface area contributed by atoms with Gasteiger partial charge in [-0.15, -0.1) is 0 Å². The SMILES string of the molecule is C/C=C(BOC(C)(C)C(C)(C)O)\C=C/C(CC)c1ccc(C#N)cc1. The molecule has 0 radical (unpaired) electrons. The number of nitriles is 1. The van der Waals surface area contributed by atoms with Gasteiger partial charge in [-0.25, -0.2) is 0 Å². The highest BCUT2D eigenvalue weighted by Crippen LogP contribution is 2.26. The molecule has 0 aromatic heterocycles. The van der Waals surface area contributed by atoms with Crippen LogP contribution in [0.5, 0.6) is 0 Å². The van der Waals surface area contributed by atoms with Gasteiger partial charge in [0.1, 0.15) is 0 Å². The van der Waals surface area contributed by atoms with E-state index in [0.717, 1.165) is 11.9 Å². The summed E-state index contributed by atoms with van der Waals surface area (Å²) in [6, 6.07) is 9.89. The van der Waals surface area contributed by atoms with Gasteiger partial charge in [-0.3, -0.25) is 0 Å². The molecule has 0 aliphatic heterocycles. The van der Waals surface area contributed by atoms with Crippen molar-refractivity contribution in [1.82, 2.24) is 0 Å². The molecule has 0 saturated heterocycles. The molecule has 1 aromatic carbocycles. The summed E-state index contributed by atoms with van der Waals surface area (Å²) < 4.78 is 5.94. The summed E-state index contributed by atoms with van der Waals surface area (Å²) in [6.07, 6.45) is 7.28. The first-order valence-electron chi connectivity index (χ1n) is 8.84. The molecular formula is C21H30BNO2. The summed E-state index contributed by atoms with van der Waals surface area (Å²) in [5.74, 6) is 0.296. The van der Waals surface area contributed by atoms with Gasteiger partial charge in [0.05, 0.1) is 22.8 Å². The molecule has 1 unspecified atom stereocenters. The van der Waals surface area contributed by atoms with Gasteiger partial charge >= 0.3 is 7.48 Å². The molecule has 0 amide bonds. The molecule has 1 atom stereocenters. The predicted molar refractivity (Wildman–Crippen MR) is 106 cm³/mol. The van der Waals surface area contributed by atoms with E-state index < -0.39 is 11.2 Å². The Morgan fingerprint density at radius 3 is 2.32 bits per heavy atom. The second-order valence-electron chi connectivity index (χ2n) is 7.33. The Bertz CT molecular complexity index is 646. The van der Waals surface area contributed by atoms with Gasteiger partial charge in [0, 0.05) is 5.92 Å². The molecule has 0 saturated carbocycles. The van der Waals surface area contributed by atoms with Gasteiger partial charge in [0.15, 0.2) is 0 Å². The van der Waals surface area contributed by atoms with Crippen LogP contribution in [-0.4, -0.2) is 23.8 Å². The van der Waals surface area contributed by atoms with Crippen molar-refractivity contribution in [3.05, 3.63) is 59.1 Å². The van der Waals surface area contributed by atoms with Crippen LogP contribution in [0.4, 0.5) is 0 Å². The van der Waals surface area contributed by atoms with E-state index in [1.807, 2.05) is 51.1 Å². The van der Waals surface area contributed by atoms with Gasteiger partial charge < -0.3 is 9.76 Å². The number of hydrogen-bond donors (Lipinski definition) is 1. The maximum atomic E-state index is 10.2. The van der Waals surface area contributed by atoms with Gasteiger partial charge in [-0.1, -0.05) is 42.8 Å². The fourth-order valence-corrected chi connectivity index (χ4v) is 2.20. The molecule has 1 N–H and O–H groups in total. The number of allylic oxidation sites excluding steroid dienone is 4. The second kappa shape index (κ2) is 9.03. The summed E-state index contributed by atoms with van der Waals surface area (Å²) in [7, 11) is 0.452. The molecule has 3 nitrogen and oxygen atoms in total. The minimum atomic E-state index is -0.913. The summed E-state index contributed by atoms with van der Waals surface area (Å²) in [6.45, 7) is 11.5. The molecule has 0 fully saturated rings. The Morgan fingerprint density at radius 2 is 1.88 bits per heavy atom. The zero-order valence-electron chi connectivity index (χ0n) is 16.3. The number of benzene rings is 1. The van der Waals surface area contributed by atoms with Crippen molar-refractivity contribution in [2.75, 3.05) is 0 Å². The average Bonchev–Trinajstić information content (AvgIpc) is 2.57. The van der Waals surface area contributed by atoms with Crippen LogP contribution in [0.2, 0.25) is 0 Å². The summed E-state index contributed by atoms with van der Waals surface area (Å²) >= 11 is 0. The molecule has 134 valence electrons. The quantitative estimate of drug-likeness (QED) is 0.563. The molecule has 0 bridgehead atoms. The predicted octanol–water partition coefficient (Wildman–Crippen LogP) is 4.43. The molecule has 1 rings (SSSR count). The molecular weight excluding hydrogens is 309 g/mol. The first kappa shape index (κ1) is 21.2. The molecule has 25 heavy (non-hydrogen) atoms. The summed E-state index contributed by atoms with van der Waals surface area (Å²) in [5.41, 5.74) is 1.41. The molecule has 0 aliphatic rings. The lowest BCUT2D eigenvalue weighted by Gasteiger charge is -2.37. The number of hydrogen-bond acceptors (Lipinski definition) is 3. The van der Waals surface area contributed by atoms with Gasteiger partial charge in [-0.2, -0.15) is 5.26 Å². The second-order valence-corrected chi connectivity index (χ2v) is 7.33. The molecule has 0 heterocycles. The largest absolute Gasteiger partial charge is 0.427 e. The van der Waals surface area contributed by atoms with E-state index in [1.54, 1.807) is 13.8 Å². The maximum Gasteiger partial charge on any atom is 0.309 e. The van der Waals surface area contributed by atoms with E-state index in [1.165, 1.54) is 5.56 Å². The van der Waals surface area contributed by atoms with Crippen molar-refractivity contribution < 1.29 is 9.76 Å². The highest BCUT2D eigenvalue weighted by atomic mass is 16.5. The van der Waals surface area contributed by atoms with Crippen LogP contribution >= 0.6 is 0 Å². The van der Waals surface area contributed by atoms with Crippen molar-refractivity contribution in [3.8, 4) is 6.07 Å². The van der Waals surface area contributed by atoms with Gasteiger partial charge in [0.2, 0.25) is 0 Å². The lowest BCUT2D eigenvalue weighted by Crippen LogP contribution is -2.48. The Morgan fingerprint density at radius 1 is 1.28 bits per heavy atom. The third-order valence-corrected chi connectivity index (χ3v) is 4.89. The number of nitrogens with zero attached hydrogens (tertiary/aromatic N) is 1. The fourth-order valence-electron chi connectivity index (χ4n) is 2.20. The Kier molecular flexibility index (Phi) is 7.67. The first-order valence-corrected chi connectivity index (χ1v) is 8.84. The van der Waals surface area contributed by atoms with Gasteiger partial charge in [-0.05, 0) is 58.7 Å². The molecule has 4 heteroatoms. The first-order chi connectivity index (χ1) is 11.6.